The number of hydrogen-bond donors (Lipinski definition) is 2. The van der Waals surface area contributed by atoms with Gasteiger partial charge < -0.3 is 0 Å². The summed E-state index contributed by atoms with van der Waals surface area (Å²) in [6, 6.07) is -0.126. The first-order chi connectivity index (χ1) is 7.38. The van der Waals surface area contributed by atoms with E-state index in [-0.39, 0.29) is 16.9 Å². The van der Waals surface area contributed by atoms with Crippen molar-refractivity contribution in [2.24, 2.45) is 5.92 Å². The van der Waals surface area contributed by atoms with Gasteiger partial charge in [-0.25, -0.2) is 13.1 Å². The molecule has 0 spiro atoms. The number of aromatic nitrogens is 2. The summed E-state index contributed by atoms with van der Waals surface area (Å²) in [7, 11) is -3.48. The maximum Gasteiger partial charge on any atom is 0.244 e. The highest BCUT2D eigenvalue weighted by atomic mass is 79.9. The summed E-state index contributed by atoms with van der Waals surface area (Å²) in [6.45, 7) is 5.62. The molecule has 0 aromatic carbocycles. The number of aryl methyl sites for hydroxylation is 1. The summed E-state index contributed by atoms with van der Waals surface area (Å²) >= 11 is 3.30. The van der Waals surface area contributed by atoms with Crippen LogP contribution in [0.15, 0.2) is 11.1 Å². The quantitative estimate of drug-likeness (QED) is 0.808. The zero-order valence-corrected chi connectivity index (χ0v) is 11.9. The average molecular weight is 310 g/mol. The van der Waals surface area contributed by atoms with Crippen molar-refractivity contribution in [3.63, 3.8) is 0 Å². The Hall–Kier alpha value is -0.400. The lowest BCUT2D eigenvalue weighted by atomic mass is 10.1. The number of sulfonamides is 1. The molecule has 1 aromatic rings. The molecular weight excluding hydrogens is 294 g/mol. The molecule has 0 radical (unpaired) electrons. The van der Waals surface area contributed by atoms with Crippen LogP contribution in [0.5, 0.6) is 0 Å². The Bertz CT molecular complexity index is 441. The molecule has 2 N–H and O–H groups in total. The van der Waals surface area contributed by atoms with Crippen LogP contribution in [-0.4, -0.2) is 30.0 Å². The molecule has 0 aliphatic carbocycles. The number of alkyl halides is 1. The van der Waals surface area contributed by atoms with Crippen molar-refractivity contribution in [1.29, 1.82) is 0 Å². The van der Waals surface area contributed by atoms with Gasteiger partial charge >= 0.3 is 0 Å². The van der Waals surface area contributed by atoms with Gasteiger partial charge in [0.2, 0.25) is 10.0 Å². The first-order valence-electron chi connectivity index (χ1n) is 4.96. The van der Waals surface area contributed by atoms with Gasteiger partial charge in [0.05, 0.1) is 11.9 Å². The van der Waals surface area contributed by atoms with E-state index in [1.54, 1.807) is 6.92 Å². The van der Waals surface area contributed by atoms with Gasteiger partial charge in [-0.3, -0.25) is 5.10 Å². The van der Waals surface area contributed by atoms with Crippen LogP contribution in [0.1, 0.15) is 19.5 Å². The Kier molecular flexibility index (Phi) is 4.52. The lowest BCUT2D eigenvalue weighted by Crippen LogP contribution is -2.39. The van der Waals surface area contributed by atoms with E-state index in [2.05, 4.69) is 30.8 Å². The zero-order valence-electron chi connectivity index (χ0n) is 9.49. The summed E-state index contributed by atoms with van der Waals surface area (Å²) in [5.74, 6) is 0.223. The van der Waals surface area contributed by atoms with Crippen molar-refractivity contribution in [3.05, 3.63) is 11.9 Å². The smallest absolute Gasteiger partial charge is 0.244 e. The minimum Gasteiger partial charge on any atom is -0.281 e. The molecule has 0 aliphatic heterocycles. The molecule has 1 unspecified atom stereocenters. The molecule has 0 amide bonds. The summed E-state index contributed by atoms with van der Waals surface area (Å²) in [5, 5.41) is 6.91. The fraction of sp³-hybridized carbons (Fsp3) is 0.667. The van der Waals surface area contributed by atoms with E-state index >= 15 is 0 Å². The molecule has 1 heterocycles. The number of rotatable bonds is 5. The monoisotopic (exact) mass is 309 g/mol. The summed E-state index contributed by atoms with van der Waals surface area (Å²) in [5.41, 5.74) is 0.546. The van der Waals surface area contributed by atoms with Gasteiger partial charge in [-0.05, 0) is 12.8 Å². The predicted molar refractivity (Wildman–Crippen MR) is 66.1 cm³/mol. The molecule has 0 saturated carbocycles. The van der Waals surface area contributed by atoms with E-state index in [0.717, 1.165) is 0 Å². The zero-order chi connectivity index (χ0) is 12.3. The minimum absolute atomic E-state index is 0.126. The van der Waals surface area contributed by atoms with Crippen LogP contribution in [0, 0.1) is 12.8 Å². The maximum atomic E-state index is 12.0. The van der Waals surface area contributed by atoms with Gasteiger partial charge in [-0.2, -0.15) is 5.10 Å². The highest BCUT2D eigenvalue weighted by Crippen LogP contribution is 2.14. The predicted octanol–water partition coefficient (Wildman–Crippen LogP) is 1.42. The molecule has 92 valence electrons. The molecule has 1 rings (SSSR count). The van der Waals surface area contributed by atoms with E-state index in [4.69, 9.17) is 0 Å². The van der Waals surface area contributed by atoms with Crippen molar-refractivity contribution in [2.75, 3.05) is 5.33 Å². The second-order valence-electron chi connectivity index (χ2n) is 3.99. The third-order valence-corrected chi connectivity index (χ3v) is 4.65. The summed E-state index contributed by atoms with van der Waals surface area (Å²) < 4.78 is 26.6. The normalized spacial score (nSPS) is 14.3. The lowest BCUT2D eigenvalue weighted by molar-refractivity contribution is 0.483. The van der Waals surface area contributed by atoms with Crippen molar-refractivity contribution >= 4 is 26.0 Å². The Balaban J connectivity index is 2.92. The van der Waals surface area contributed by atoms with E-state index in [9.17, 15) is 8.42 Å². The number of nitrogens with one attached hydrogen (secondary N) is 2. The Morgan fingerprint density at radius 3 is 2.56 bits per heavy atom. The van der Waals surface area contributed by atoms with Gasteiger partial charge in [0, 0.05) is 11.4 Å². The van der Waals surface area contributed by atoms with Crippen LogP contribution in [0.4, 0.5) is 0 Å². The van der Waals surface area contributed by atoms with Gasteiger partial charge in [0.25, 0.3) is 0 Å². The molecule has 0 aliphatic rings. The third-order valence-electron chi connectivity index (χ3n) is 2.35. The van der Waals surface area contributed by atoms with Crippen molar-refractivity contribution < 1.29 is 8.42 Å². The summed E-state index contributed by atoms with van der Waals surface area (Å²) in [4.78, 5) is 0.208. The Morgan fingerprint density at radius 2 is 2.19 bits per heavy atom. The lowest BCUT2D eigenvalue weighted by Gasteiger charge is -2.19. The second kappa shape index (κ2) is 5.29. The molecule has 7 heteroatoms. The molecule has 0 saturated heterocycles. The number of aromatic amines is 1. The van der Waals surface area contributed by atoms with Crippen LogP contribution >= 0.6 is 15.9 Å². The molecule has 16 heavy (non-hydrogen) atoms. The molecule has 0 fully saturated rings. The Labute approximate surface area is 104 Å². The largest absolute Gasteiger partial charge is 0.281 e. The minimum atomic E-state index is -3.48. The number of halogens is 1. The standard InChI is InChI=1S/C9H16BrN3O2S/c1-6(2)8(4-10)13-16(14,15)9-5-11-12-7(9)3/h5-6,8,13H,4H2,1-3H3,(H,11,12). The van der Waals surface area contributed by atoms with Gasteiger partial charge in [-0.1, -0.05) is 29.8 Å². The number of H-pyrrole nitrogens is 1. The third kappa shape index (κ3) is 3.05. The molecule has 0 bridgehead atoms. The molecule has 5 nitrogen and oxygen atoms in total. The van der Waals surface area contributed by atoms with Crippen molar-refractivity contribution in [1.82, 2.24) is 14.9 Å². The van der Waals surface area contributed by atoms with Gasteiger partial charge in [-0.15, -0.1) is 0 Å². The molecule has 1 atom stereocenters. The van der Waals surface area contributed by atoms with Crippen molar-refractivity contribution in [2.45, 2.75) is 31.7 Å². The van der Waals surface area contributed by atoms with Gasteiger partial charge in [0.15, 0.2) is 0 Å². The van der Waals surface area contributed by atoms with Crippen molar-refractivity contribution in [3.8, 4) is 0 Å². The van der Waals surface area contributed by atoms with Crippen LogP contribution in [0.25, 0.3) is 0 Å². The highest BCUT2D eigenvalue weighted by Gasteiger charge is 2.24. The number of nitrogens with zero attached hydrogens (tertiary/aromatic N) is 1. The summed E-state index contributed by atoms with van der Waals surface area (Å²) in [6.07, 6.45) is 1.32. The number of hydrogen-bond acceptors (Lipinski definition) is 3. The molecular formula is C9H16BrN3O2S. The highest BCUT2D eigenvalue weighted by molar-refractivity contribution is 9.09. The average Bonchev–Trinajstić information content (AvgIpc) is 2.61. The van der Waals surface area contributed by atoms with Crippen LogP contribution in [-0.2, 0) is 10.0 Å². The fourth-order valence-electron chi connectivity index (χ4n) is 1.22. The van der Waals surface area contributed by atoms with E-state index in [1.807, 2.05) is 13.8 Å². The molecule has 1 aromatic heterocycles. The first kappa shape index (κ1) is 13.7. The maximum absolute atomic E-state index is 12.0. The van der Waals surface area contributed by atoms with Crippen LogP contribution < -0.4 is 4.72 Å². The van der Waals surface area contributed by atoms with Crippen LogP contribution in [0.2, 0.25) is 0 Å². The second-order valence-corrected chi connectivity index (χ2v) is 6.32. The van der Waals surface area contributed by atoms with Crippen LogP contribution in [0.3, 0.4) is 0 Å². The van der Waals surface area contributed by atoms with Gasteiger partial charge in [0.1, 0.15) is 4.90 Å². The van der Waals surface area contributed by atoms with E-state index in [1.165, 1.54) is 6.20 Å². The van der Waals surface area contributed by atoms with E-state index in [0.29, 0.717) is 11.0 Å². The SMILES string of the molecule is Cc1[nH]ncc1S(=O)(=O)NC(CBr)C(C)C. The first-order valence-corrected chi connectivity index (χ1v) is 7.57. The Morgan fingerprint density at radius 1 is 1.56 bits per heavy atom. The fourth-order valence-corrected chi connectivity index (χ4v) is 3.86. The topological polar surface area (TPSA) is 74.8 Å². The van der Waals surface area contributed by atoms with E-state index < -0.39 is 10.0 Å².